The van der Waals surface area contributed by atoms with Gasteiger partial charge >= 0.3 is 17.9 Å². The SMILES string of the molecule is CC/C=C\C/C=C\C/C=C\C/C=C\CCCCCCCCCCCCCCCCCCC(=O)OCC(COC(=O)CCCCCCCCC/C=C\C/C=C\CCCCCC)OC(=O)CCCCCCCCC/C=C\C/C=C\CCCCCC. The minimum Gasteiger partial charge on any atom is -0.462 e. The summed E-state index contributed by atoms with van der Waals surface area (Å²) >= 11 is 0. The molecular weight excluding hydrogens is 1020 g/mol. The van der Waals surface area contributed by atoms with Crippen molar-refractivity contribution in [1.82, 2.24) is 0 Å². The molecule has 0 N–H and O–H groups in total. The molecule has 6 heteroatoms. The highest BCUT2D eigenvalue weighted by atomic mass is 16.6. The lowest BCUT2D eigenvalue weighted by molar-refractivity contribution is -0.167. The van der Waals surface area contributed by atoms with Crippen molar-refractivity contribution in [3.8, 4) is 0 Å². The van der Waals surface area contributed by atoms with Crippen molar-refractivity contribution in [2.24, 2.45) is 0 Å². The van der Waals surface area contributed by atoms with Crippen LogP contribution in [-0.2, 0) is 28.6 Å². The second-order valence-electron chi connectivity index (χ2n) is 23.8. The zero-order valence-electron chi connectivity index (χ0n) is 54.9. The topological polar surface area (TPSA) is 78.9 Å². The van der Waals surface area contributed by atoms with Gasteiger partial charge in [-0.15, -0.1) is 0 Å². The molecule has 1 unspecified atom stereocenters. The van der Waals surface area contributed by atoms with Gasteiger partial charge in [-0.25, -0.2) is 0 Å². The minimum atomic E-state index is -0.787. The van der Waals surface area contributed by atoms with E-state index in [0.717, 1.165) is 109 Å². The molecule has 0 bridgehead atoms. The highest BCUT2D eigenvalue weighted by molar-refractivity contribution is 5.71. The monoisotopic (exact) mass is 1160 g/mol. The van der Waals surface area contributed by atoms with Gasteiger partial charge in [-0.2, -0.15) is 0 Å². The van der Waals surface area contributed by atoms with E-state index in [1.165, 1.54) is 205 Å². The number of hydrogen-bond donors (Lipinski definition) is 0. The molecule has 0 aliphatic rings. The van der Waals surface area contributed by atoms with Crippen LogP contribution in [0, 0.1) is 0 Å². The summed E-state index contributed by atoms with van der Waals surface area (Å²) in [7, 11) is 0. The third kappa shape index (κ3) is 69.0. The number of carbonyl (C=O) groups is 3. The van der Waals surface area contributed by atoms with Crippen LogP contribution in [0.1, 0.15) is 355 Å². The molecule has 0 heterocycles. The summed E-state index contributed by atoms with van der Waals surface area (Å²) in [5, 5.41) is 0. The molecule has 0 amide bonds. The van der Waals surface area contributed by atoms with Crippen molar-refractivity contribution in [3.63, 3.8) is 0 Å². The Bertz CT molecular complexity index is 1610. The van der Waals surface area contributed by atoms with Gasteiger partial charge in [0, 0.05) is 19.3 Å². The Hall–Kier alpha value is -3.67. The fraction of sp³-hybridized carbons (Fsp3) is 0.753. The number of allylic oxidation sites excluding steroid dienone is 16. The third-order valence-corrected chi connectivity index (χ3v) is 15.5. The zero-order valence-corrected chi connectivity index (χ0v) is 54.9. The second kappa shape index (κ2) is 70.8. The van der Waals surface area contributed by atoms with Gasteiger partial charge in [0.05, 0.1) is 0 Å². The molecule has 1 atom stereocenters. The van der Waals surface area contributed by atoms with Crippen molar-refractivity contribution in [3.05, 3.63) is 97.2 Å². The predicted octanol–water partition coefficient (Wildman–Crippen LogP) is 24.8. The van der Waals surface area contributed by atoms with E-state index in [1.54, 1.807) is 0 Å². The van der Waals surface area contributed by atoms with E-state index in [2.05, 4.69) is 118 Å². The first-order chi connectivity index (χ1) is 41.0. The maximum absolute atomic E-state index is 13.0. The van der Waals surface area contributed by atoms with Crippen LogP contribution in [0.3, 0.4) is 0 Å². The average molecular weight is 1160 g/mol. The average Bonchev–Trinajstić information content (AvgIpc) is 3.49. The zero-order chi connectivity index (χ0) is 59.9. The van der Waals surface area contributed by atoms with Crippen LogP contribution in [0.25, 0.3) is 0 Å². The Morgan fingerprint density at radius 2 is 0.470 bits per heavy atom. The minimum absolute atomic E-state index is 0.0807. The second-order valence-corrected chi connectivity index (χ2v) is 23.8. The largest absolute Gasteiger partial charge is 0.462 e. The molecule has 0 aliphatic heterocycles. The lowest BCUT2D eigenvalue weighted by atomic mass is 10.0. The molecule has 0 saturated heterocycles. The summed E-state index contributed by atoms with van der Waals surface area (Å²) in [5.74, 6) is -0.879. The number of ether oxygens (including phenoxy) is 3. The predicted molar refractivity (Wildman–Crippen MR) is 362 cm³/mol. The number of carbonyl (C=O) groups excluding carboxylic acids is 3. The Kier molecular flexibility index (Phi) is 67.7. The smallest absolute Gasteiger partial charge is 0.306 e. The van der Waals surface area contributed by atoms with E-state index in [0.29, 0.717) is 19.3 Å². The lowest BCUT2D eigenvalue weighted by Crippen LogP contribution is -2.30. The summed E-state index contributed by atoms with van der Waals surface area (Å²) in [6.45, 7) is 6.53. The lowest BCUT2D eigenvalue weighted by Gasteiger charge is -2.18. The van der Waals surface area contributed by atoms with Crippen molar-refractivity contribution in [1.29, 1.82) is 0 Å². The van der Waals surface area contributed by atoms with Crippen molar-refractivity contribution < 1.29 is 28.6 Å². The Morgan fingerprint density at radius 3 is 0.735 bits per heavy atom. The van der Waals surface area contributed by atoms with Crippen LogP contribution < -0.4 is 0 Å². The number of esters is 3. The summed E-state index contributed by atoms with van der Waals surface area (Å²) in [6, 6.07) is 0. The van der Waals surface area contributed by atoms with E-state index in [1.807, 2.05) is 0 Å². The highest BCUT2D eigenvalue weighted by Crippen LogP contribution is 2.17. The van der Waals surface area contributed by atoms with E-state index >= 15 is 0 Å². The quantitative estimate of drug-likeness (QED) is 0.0261. The van der Waals surface area contributed by atoms with Crippen LogP contribution in [-0.4, -0.2) is 37.2 Å². The maximum Gasteiger partial charge on any atom is 0.306 e. The van der Waals surface area contributed by atoms with E-state index in [-0.39, 0.29) is 31.1 Å². The number of hydrogen-bond acceptors (Lipinski definition) is 6. The molecule has 0 rings (SSSR count). The van der Waals surface area contributed by atoms with Crippen LogP contribution in [0.4, 0.5) is 0 Å². The molecule has 0 aromatic rings. The van der Waals surface area contributed by atoms with Gasteiger partial charge in [-0.05, 0) is 122 Å². The molecule has 0 radical (unpaired) electrons. The van der Waals surface area contributed by atoms with Gasteiger partial charge in [-0.3, -0.25) is 14.4 Å². The standard InChI is InChI=1S/C77H134O6/c1-4-7-10-13-16-19-22-25-28-31-34-35-36-37-38-39-40-41-42-43-44-47-49-52-55-58-61-64-67-70-76(79)82-73-74(83-77(80)71-68-65-62-59-56-53-50-46-33-30-27-24-21-18-15-12-9-6-3)72-81-75(78)69-66-63-60-57-54-51-48-45-32-29-26-23-20-17-14-11-8-5-2/h7,10,16,19-21,23-25,28-30,32-35,74H,4-6,8-9,11-15,17-18,22,26-27,31,36-73H2,1-3H3/b10-7-,19-16-,23-20-,24-21-,28-25-,32-29-,33-30-,35-34-. The molecule has 478 valence electrons. The van der Waals surface area contributed by atoms with Crippen LogP contribution in [0.5, 0.6) is 0 Å². The Labute approximate surface area is 515 Å². The molecule has 0 aromatic heterocycles. The molecule has 83 heavy (non-hydrogen) atoms. The van der Waals surface area contributed by atoms with Crippen molar-refractivity contribution in [2.45, 2.75) is 361 Å². The van der Waals surface area contributed by atoms with Crippen LogP contribution in [0.15, 0.2) is 97.2 Å². The van der Waals surface area contributed by atoms with Crippen LogP contribution in [0.2, 0.25) is 0 Å². The van der Waals surface area contributed by atoms with Crippen LogP contribution >= 0.6 is 0 Å². The maximum atomic E-state index is 13.0. The summed E-state index contributed by atoms with van der Waals surface area (Å²) in [4.78, 5) is 38.5. The fourth-order valence-electron chi connectivity index (χ4n) is 10.2. The Morgan fingerprint density at radius 1 is 0.253 bits per heavy atom. The van der Waals surface area contributed by atoms with Gasteiger partial charge in [0.25, 0.3) is 0 Å². The van der Waals surface area contributed by atoms with E-state index in [4.69, 9.17) is 14.2 Å². The Balaban J connectivity index is 4.30. The van der Waals surface area contributed by atoms with Gasteiger partial charge < -0.3 is 14.2 Å². The summed E-state index contributed by atoms with van der Waals surface area (Å²) < 4.78 is 17.0. The molecule has 6 nitrogen and oxygen atoms in total. The molecule has 0 saturated carbocycles. The molecule has 0 fully saturated rings. The van der Waals surface area contributed by atoms with Gasteiger partial charge in [0.15, 0.2) is 6.10 Å². The van der Waals surface area contributed by atoms with Crippen molar-refractivity contribution >= 4 is 17.9 Å². The molecular formula is C77H134O6. The first-order valence-corrected chi connectivity index (χ1v) is 35.7. The van der Waals surface area contributed by atoms with Gasteiger partial charge in [-0.1, -0.05) is 311 Å². The number of unbranched alkanes of at least 4 members (excludes halogenated alkanes) is 38. The summed E-state index contributed by atoms with van der Waals surface area (Å²) in [5.41, 5.74) is 0. The third-order valence-electron chi connectivity index (χ3n) is 15.5. The van der Waals surface area contributed by atoms with Gasteiger partial charge in [0.2, 0.25) is 0 Å². The fourth-order valence-corrected chi connectivity index (χ4v) is 10.2. The first kappa shape index (κ1) is 79.3. The van der Waals surface area contributed by atoms with E-state index < -0.39 is 6.10 Å². The summed E-state index contributed by atoms with van der Waals surface area (Å²) in [6.07, 6.45) is 95.7. The normalized spacial score (nSPS) is 12.7. The molecule has 0 aliphatic carbocycles. The highest BCUT2D eigenvalue weighted by Gasteiger charge is 2.19. The first-order valence-electron chi connectivity index (χ1n) is 35.7. The number of rotatable bonds is 65. The molecule has 0 spiro atoms. The van der Waals surface area contributed by atoms with Crippen molar-refractivity contribution in [2.75, 3.05) is 13.2 Å². The molecule has 0 aromatic carbocycles. The van der Waals surface area contributed by atoms with Gasteiger partial charge in [0.1, 0.15) is 13.2 Å². The van der Waals surface area contributed by atoms with E-state index in [9.17, 15) is 14.4 Å².